The number of benzene rings is 1. The average Bonchev–Trinajstić information content (AvgIpc) is 3.03. The molecule has 1 aliphatic carbocycles. The Labute approximate surface area is 180 Å². The predicted octanol–water partition coefficient (Wildman–Crippen LogP) is 4.80. The van der Waals surface area contributed by atoms with Crippen LogP contribution in [-0.2, 0) is 12.8 Å². The van der Waals surface area contributed by atoms with Gasteiger partial charge in [-0.3, -0.25) is 15.0 Å². The molecule has 5 heteroatoms. The number of nitrogens with zero attached hydrogens (tertiary/aromatic N) is 3. The molecule has 0 bridgehead atoms. The Bertz CT molecular complexity index is 938. The van der Waals surface area contributed by atoms with Crippen molar-refractivity contribution in [1.82, 2.24) is 14.5 Å². The van der Waals surface area contributed by atoms with Crippen LogP contribution in [-0.4, -0.2) is 51.8 Å². The maximum atomic E-state index is 5.75. The molecule has 1 aromatic heterocycles. The van der Waals surface area contributed by atoms with Gasteiger partial charge in [0, 0.05) is 36.8 Å². The Kier molecular flexibility index (Phi) is 5.98. The highest BCUT2D eigenvalue weighted by Gasteiger charge is 2.34. The summed E-state index contributed by atoms with van der Waals surface area (Å²) in [5.41, 5.74) is 10.7. The van der Waals surface area contributed by atoms with Crippen molar-refractivity contribution >= 4 is 33.8 Å². The van der Waals surface area contributed by atoms with Crippen molar-refractivity contribution in [3.63, 3.8) is 0 Å². The molecule has 1 N–H and O–H groups in total. The molecule has 2 aliphatic rings. The van der Waals surface area contributed by atoms with Crippen LogP contribution >= 0.6 is 12.2 Å². The largest absolute Gasteiger partial charge is 0.348 e. The molecule has 1 atom stereocenters. The summed E-state index contributed by atoms with van der Waals surface area (Å²) < 4.78 is 2.27. The molecule has 0 spiro atoms. The minimum Gasteiger partial charge on any atom is -0.348 e. The van der Waals surface area contributed by atoms with Gasteiger partial charge in [0.15, 0.2) is 5.11 Å². The summed E-state index contributed by atoms with van der Waals surface area (Å²) in [4.78, 5) is 4.90. The quantitative estimate of drug-likeness (QED) is 0.691. The second kappa shape index (κ2) is 8.49. The molecule has 1 aliphatic heterocycles. The van der Waals surface area contributed by atoms with Crippen molar-refractivity contribution in [1.29, 1.82) is 0 Å². The predicted molar refractivity (Wildman–Crippen MR) is 128 cm³/mol. The summed E-state index contributed by atoms with van der Waals surface area (Å²) in [5.74, 6) is 0. The topological polar surface area (TPSA) is 23.4 Å². The van der Waals surface area contributed by atoms with Gasteiger partial charge in [0.05, 0.1) is 5.52 Å². The second-order valence-electron chi connectivity index (χ2n) is 8.11. The van der Waals surface area contributed by atoms with E-state index in [0.717, 1.165) is 37.5 Å². The zero-order chi connectivity index (χ0) is 20.5. The summed E-state index contributed by atoms with van der Waals surface area (Å²) in [6, 6.07) is 7.29. The first-order valence-corrected chi connectivity index (χ1v) is 11.7. The third-order valence-corrected chi connectivity index (χ3v) is 6.95. The first-order valence-electron chi connectivity index (χ1n) is 11.3. The number of thiocarbonyl (C=S) groups is 1. The number of hydrogen-bond acceptors (Lipinski definition) is 2. The van der Waals surface area contributed by atoms with E-state index in [1.165, 1.54) is 52.8 Å². The molecule has 156 valence electrons. The van der Waals surface area contributed by atoms with Crippen molar-refractivity contribution in [2.45, 2.75) is 59.4 Å². The van der Waals surface area contributed by atoms with Gasteiger partial charge >= 0.3 is 0 Å². The monoisotopic (exact) mass is 410 g/mol. The van der Waals surface area contributed by atoms with Crippen LogP contribution in [0.1, 0.15) is 57.4 Å². The van der Waals surface area contributed by atoms with E-state index in [-0.39, 0.29) is 0 Å². The summed E-state index contributed by atoms with van der Waals surface area (Å²) >= 11 is 5.75. The maximum absolute atomic E-state index is 5.75. The lowest BCUT2D eigenvalue weighted by molar-refractivity contribution is 0.229. The zero-order valence-electron chi connectivity index (χ0n) is 18.3. The van der Waals surface area contributed by atoms with Crippen LogP contribution < -0.4 is 5.43 Å². The lowest BCUT2D eigenvalue weighted by atomic mass is 9.80. The Hall–Kier alpha value is -1.85. The van der Waals surface area contributed by atoms with Gasteiger partial charge in [-0.1, -0.05) is 32.1 Å². The molecule has 0 saturated heterocycles. The first kappa shape index (κ1) is 20.4. The molecule has 0 fully saturated rings. The van der Waals surface area contributed by atoms with E-state index in [2.05, 4.69) is 71.9 Å². The maximum Gasteiger partial charge on any atom is 0.188 e. The Morgan fingerprint density at radius 2 is 2.00 bits per heavy atom. The van der Waals surface area contributed by atoms with Gasteiger partial charge in [0.2, 0.25) is 0 Å². The fourth-order valence-electron chi connectivity index (χ4n) is 5.26. The highest BCUT2D eigenvalue weighted by Crippen LogP contribution is 2.42. The van der Waals surface area contributed by atoms with Crippen molar-refractivity contribution < 1.29 is 0 Å². The van der Waals surface area contributed by atoms with Crippen LogP contribution in [0, 0.1) is 0 Å². The summed E-state index contributed by atoms with van der Waals surface area (Å²) in [7, 11) is 0. The molecular weight excluding hydrogens is 376 g/mol. The fourth-order valence-corrected chi connectivity index (χ4v) is 5.61. The lowest BCUT2D eigenvalue weighted by Gasteiger charge is -2.39. The third kappa shape index (κ3) is 3.38. The number of nitrogens with one attached hydrogen (secondary N) is 1. The first-order chi connectivity index (χ1) is 14.1. The van der Waals surface area contributed by atoms with E-state index in [4.69, 9.17) is 12.2 Å². The summed E-state index contributed by atoms with van der Waals surface area (Å²) in [6.07, 6.45) is 6.96. The summed E-state index contributed by atoms with van der Waals surface area (Å²) in [6.45, 7) is 13.1. The minimum absolute atomic E-state index is 0.512. The standard InChI is InChI=1S/C24H34N4S/c1-5-14-27-15-10-12-17-18-11-9-13-21-23(18)19(16-22(17)27)20(6-2)28(21)25-24(29)26(7-3)8-4/h9,11-13,22H,5-8,10,14-16H2,1-4H3,(H,25,29)/t22-/m1/s1. The van der Waals surface area contributed by atoms with Gasteiger partial charge in [-0.25, -0.2) is 0 Å². The van der Waals surface area contributed by atoms with Gasteiger partial charge in [0.25, 0.3) is 0 Å². The molecule has 1 aromatic carbocycles. The van der Waals surface area contributed by atoms with Crippen LogP contribution in [0.4, 0.5) is 0 Å². The normalized spacial score (nSPS) is 18.5. The Morgan fingerprint density at radius 1 is 1.21 bits per heavy atom. The van der Waals surface area contributed by atoms with E-state index in [1.54, 1.807) is 0 Å². The van der Waals surface area contributed by atoms with Crippen LogP contribution in [0.5, 0.6) is 0 Å². The minimum atomic E-state index is 0.512. The van der Waals surface area contributed by atoms with Crippen LogP contribution in [0.15, 0.2) is 24.3 Å². The van der Waals surface area contributed by atoms with Gasteiger partial charge in [-0.2, -0.15) is 0 Å². The molecule has 0 unspecified atom stereocenters. The number of rotatable bonds is 6. The molecule has 2 aromatic rings. The molecule has 0 amide bonds. The Balaban J connectivity index is 1.83. The Morgan fingerprint density at radius 3 is 2.69 bits per heavy atom. The van der Waals surface area contributed by atoms with Gasteiger partial charge < -0.3 is 4.90 Å². The molecule has 29 heavy (non-hydrogen) atoms. The van der Waals surface area contributed by atoms with Crippen LogP contribution in [0.2, 0.25) is 0 Å². The highest BCUT2D eigenvalue weighted by atomic mass is 32.1. The van der Waals surface area contributed by atoms with Crippen molar-refractivity contribution in [3.8, 4) is 0 Å². The molecule has 4 nitrogen and oxygen atoms in total. The molecule has 2 heterocycles. The van der Waals surface area contributed by atoms with Crippen molar-refractivity contribution in [2.75, 3.05) is 31.6 Å². The number of hydrogen-bond donors (Lipinski definition) is 1. The van der Waals surface area contributed by atoms with Crippen molar-refractivity contribution in [3.05, 3.63) is 41.1 Å². The SMILES string of the molecule is CCCN1CCC=C2c3cccc4c3c(c(CC)n4NC(=S)N(CC)CC)C[C@H]21. The average molecular weight is 411 g/mol. The summed E-state index contributed by atoms with van der Waals surface area (Å²) in [5, 5.41) is 2.24. The van der Waals surface area contributed by atoms with E-state index >= 15 is 0 Å². The third-order valence-electron chi connectivity index (χ3n) is 6.60. The smallest absolute Gasteiger partial charge is 0.188 e. The van der Waals surface area contributed by atoms with Gasteiger partial charge in [-0.05, 0) is 81.1 Å². The second-order valence-corrected chi connectivity index (χ2v) is 8.49. The van der Waals surface area contributed by atoms with E-state index < -0.39 is 0 Å². The molecule has 0 radical (unpaired) electrons. The molecular formula is C24H34N4S. The van der Waals surface area contributed by atoms with Crippen molar-refractivity contribution in [2.24, 2.45) is 0 Å². The van der Waals surface area contributed by atoms with Gasteiger partial charge in [-0.15, -0.1) is 0 Å². The molecule has 4 rings (SSSR count). The van der Waals surface area contributed by atoms with E-state index in [1.807, 2.05) is 0 Å². The lowest BCUT2D eigenvalue weighted by Crippen LogP contribution is -2.42. The van der Waals surface area contributed by atoms with Gasteiger partial charge in [0.1, 0.15) is 0 Å². The number of aromatic nitrogens is 1. The number of fused-ring (bicyclic) bond motifs is 2. The van der Waals surface area contributed by atoms with Crippen LogP contribution in [0.25, 0.3) is 16.5 Å². The van der Waals surface area contributed by atoms with E-state index in [0.29, 0.717) is 6.04 Å². The fraction of sp³-hybridized carbons (Fsp3) is 0.542. The molecule has 0 saturated carbocycles. The zero-order valence-corrected chi connectivity index (χ0v) is 19.1. The van der Waals surface area contributed by atoms with Crippen LogP contribution in [0.3, 0.4) is 0 Å². The van der Waals surface area contributed by atoms with E-state index in [9.17, 15) is 0 Å². The highest BCUT2D eigenvalue weighted by molar-refractivity contribution is 7.80.